The number of aromatic nitrogens is 2. The molecule has 0 aliphatic rings. The van der Waals surface area contributed by atoms with Crippen LogP contribution in [0.25, 0.3) is 0 Å². The van der Waals surface area contributed by atoms with Crippen LogP contribution in [-0.2, 0) is 4.74 Å². The van der Waals surface area contributed by atoms with Gasteiger partial charge < -0.3 is 10.1 Å². The Bertz CT molecular complexity index is 338. The molecule has 1 unspecified atom stereocenters. The van der Waals surface area contributed by atoms with E-state index in [2.05, 4.69) is 24.3 Å². The Kier molecular flexibility index (Phi) is 5.95. The summed E-state index contributed by atoms with van der Waals surface area (Å²) in [6, 6.07) is 0.540. The Morgan fingerprint density at radius 3 is 2.76 bits per heavy atom. The number of hydrogen-bond acceptors (Lipinski definition) is 3. The van der Waals surface area contributed by atoms with E-state index in [-0.39, 0.29) is 6.04 Å². The zero-order chi connectivity index (χ0) is 12.8. The Balaban J connectivity index is 2.82. The van der Waals surface area contributed by atoms with Gasteiger partial charge in [0.15, 0.2) is 0 Å². The summed E-state index contributed by atoms with van der Waals surface area (Å²) in [7, 11) is 3.67. The second-order valence-corrected chi connectivity index (χ2v) is 4.80. The molecule has 98 valence electrons. The Hall–Kier alpha value is -0.580. The van der Waals surface area contributed by atoms with Crippen molar-refractivity contribution in [2.24, 2.45) is 0 Å². The van der Waals surface area contributed by atoms with E-state index in [9.17, 15) is 0 Å². The third-order valence-corrected chi connectivity index (χ3v) is 3.09. The van der Waals surface area contributed by atoms with Crippen LogP contribution < -0.4 is 5.32 Å². The van der Waals surface area contributed by atoms with Crippen LogP contribution in [0.5, 0.6) is 0 Å². The highest BCUT2D eigenvalue weighted by Crippen LogP contribution is 2.28. The van der Waals surface area contributed by atoms with Crippen LogP contribution in [0, 0.1) is 0 Å². The first-order valence-corrected chi connectivity index (χ1v) is 6.38. The number of nitrogens with zero attached hydrogens (tertiary/aromatic N) is 2. The molecule has 1 N–H and O–H groups in total. The van der Waals surface area contributed by atoms with Crippen LogP contribution in [0.1, 0.15) is 44.5 Å². The summed E-state index contributed by atoms with van der Waals surface area (Å²) in [5.74, 6) is 0. The SMILES string of the molecule is CNC(CCCOC)c1c(Cl)cnn1C(C)C. The van der Waals surface area contributed by atoms with Crippen molar-refractivity contribution in [3.05, 3.63) is 16.9 Å². The molecule has 0 saturated heterocycles. The molecule has 0 amide bonds. The lowest BCUT2D eigenvalue weighted by Gasteiger charge is -2.20. The number of methoxy groups -OCH3 is 1. The molecular formula is C12H22ClN3O. The number of halogens is 1. The van der Waals surface area contributed by atoms with Crippen molar-refractivity contribution < 1.29 is 4.74 Å². The molecule has 5 heteroatoms. The maximum absolute atomic E-state index is 6.22. The average molecular weight is 260 g/mol. The van der Waals surface area contributed by atoms with E-state index >= 15 is 0 Å². The van der Waals surface area contributed by atoms with Crippen molar-refractivity contribution >= 4 is 11.6 Å². The topological polar surface area (TPSA) is 39.1 Å². The molecule has 17 heavy (non-hydrogen) atoms. The summed E-state index contributed by atoms with van der Waals surface area (Å²) in [6.07, 6.45) is 3.71. The van der Waals surface area contributed by atoms with E-state index in [0.29, 0.717) is 6.04 Å². The minimum atomic E-state index is 0.225. The summed E-state index contributed by atoms with van der Waals surface area (Å²) in [6.45, 7) is 4.98. The number of hydrogen-bond donors (Lipinski definition) is 1. The van der Waals surface area contributed by atoms with Gasteiger partial charge in [0.2, 0.25) is 0 Å². The zero-order valence-electron chi connectivity index (χ0n) is 11.0. The molecule has 0 bridgehead atoms. The minimum Gasteiger partial charge on any atom is -0.385 e. The van der Waals surface area contributed by atoms with Crippen LogP contribution >= 0.6 is 11.6 Å². The molecule has 1 atom stereocenters. The molecule has 0 saturated carbocycles. The van der Waals surface area contributed by atoms with E-state index in [1.165, 1.54) is 0 Å². The predicted octanol–water partition coefficient (Wildman–Crippen LogP) is 2.80. The maximum Gasteiger partial charge on any atom is 0.0834 e. The Morgan fingerprint density at radius 1 is 1.53 bits per heavy atom. The molecule has 1 heterocycles. The van der Waals surface area contributed by atoms with Gasteiger partial charge in [-0.3, -0.25) is 4.68 Å². The van der Waals surface area contributed by atoms with Crippen molar-refractivity contribution in [2.45, 2.75) is 38.8 Å². The first-order valence-electron chi connectivity index (χ1n) is 6.00. The summed E-state index contributed by atoms with van der Waals surface area (Å²) in [4.78, 5) is 0. The van der Waals surface area contributed by atoms with Gasteiger partial charge in [0.1, 0.15) is 0 Å². The summed E-state index contributed by atoms with van der Waals surface area (Å²) in [5, 5.41) is 8.36. The van der Waals surface area contributed by atoms with Gasteiger partial charge in [0.25, 0.3) is 0 Å². The molecule has 0 aliphatic carbocycles. The molecule has 0 aliphatic heterocycles. The smallest absolute Gasteiger partial charge is 0.0834 e. The monoisotopic (exact) mass is 259 g/mol. The molecule has 0 fully saturated rings. The number of nitrogens with one attached hydrogen (secondary N) is 1. The summed E-state index contributed by atoms with van der Waals surface area (Å²) < 4.78 is 7.06. The molecule has 1 aromatic rings. The third-order valence-electron chi connectivity index (χ3n) is 2.80. The van der Waals surface area contributed by atoms with Crippen molar-refractivity contribution in [3.8, 4) is 0 Å². The fourth-order valence-corrected chi connectivity index (χ4v) is 2.20. The fourth-order valence-electron chi connectivity index (χ4n) is 1.94. The Morgan fingerprint density at radius 2 is 2.24 bits per heavy atom. The maximum atomic E-state index is 6.22. The lowest BCUT2D eigenvalue weighted by Crippen LogP contribution is -2.22. The molecule has 0 radical (unpaired) electrons. The summed E-state index contributed by atoms with van der Waals surface area (Å²) in [5.41, 5.74) is 1.07. The molecule has 0 spiro atoms. The second-order valence-electron chi connectivity index (χ2n) is 4.39. The molecule has 0 aromatic carbocycles. The van der Waals surface area contributed by atoms with Gasteiger partial charge in [-0.1, -0.05) is 11.6 Å². The van der Waals surface area contributed by atoms with Crippen molar-refractivity contribution in [3.63, 3.8) is 0 Å². The van der Waals surface area contributed by atoms with Gasteiger partial charge in [-0.05, 0) is 33.7 Å². The quantitative estimate of drug-likeness (QED) is 0.766. The van der Waals surface area contributed by atoms with Crippen LogP contribution in [0.15, 0.2) is 6.20 Å². The van der Waals surface area contributed by atoms with E-state index in [1.54, 1.807) is 13.3 Å². The van der Waals surface area contributed by atoms with Crippen LogP contribution in [0.4, 0.5) is 0 Å². The first kappa shape index (κ1) is 14.5. The zero-order valence-corrected chi connectivity index (χ0v) is 11.8. The lowest BCUT2D eigenvalue weighted by molar-refractivity contribution is 0.188. The van der Waals surface area contributed by atoms with Crippen molar-refractivity contribution in [1.29, 1.82) is 0 Å². The van der Waals surface area contributed by atoms with Crippen LogP contribution in [0.3, 0.4) is 0 Å². The van der Waals surface area contributed by atoms with Gasteiger partial charge >= 0.3 is 0 Å². The first-order chi connectivity index (χ1) is 8.11. The molecule has 1 aromatic heterocycles. The predicted molar refractivity (Wildman–Crippen MR) is 70.5 cm³/mol. The van der Waals surface area contributed by atoms with E-state index < -0.39 is 0 Å². The molecule has 4 nitrogen and oxygen atoms in total. The van der Waals surface area contributed by atoms with Crippen molar-refractivity contribution in [2.75, 3.05) is 20.8 Å². The standard InChI is InChI=1S/C12H22ClN3O/c1-9(2)16-12(10(13)8-15-16)11(14-3)6-5-7-17-4/h8-9,11,14H,5-7H2,1-4H3. The van der Waals surface area contributed by atoms with Crippen LogP contribution in [0.2, 0.25) is 5.02 Å². The van der Waals surface area contributed by atoms with Crippen molar-refractivity contribution in [1.82, 2.24) is 15.1 Å². The highest BCUT2D eigenvalue weighted by molar-refractivity contribution is 6.31. The highest BCUT2D eigenvalue weighted by atomic mass is 35.5. The highest BCUT2D eigenvalue weighted by Gasteiger charge is 2.19. The molecular weight excluding hydrogens is 238 g/mol. The number of rotatable bonds is 7. The van der Waals surface area contributed by atoms with Crippen LogP contribution in [-0.4, -0.2) is 30.5 Å². The van der Waals surface area contributed by atoms with E-state index in [1.807, 2.05) is 11.7 Å². The van der Waals surface area contributed by atoms with E-state index in [0.717, 1.165) is 30.2 Å². The Labute approximate surface area is 108 Å². The largest absolute Gasteiger partial charge is 0.385 e. The minimum absolute atomic E-state index is 0.225. The number of ether oxygens (including phenoxy) is 1. The normalized spacial score (nSPS) is 13.3. The van der Waals surface area contributed by atoms with Gasteiger partial charge in [0, 0.05) is 19.8 Å². The average Bonchev–Trinajstić information content (AvgIpc) is 2.67. The second kappa shape index (κ2) is 6.99. The molecule has 1 rings (SSSR count). The fraction of sp³-hybridized carbons (Fsp3) is 0.750. The summed E-state index contributed by atoms with van der Waals surface area (Å²) >= 11 is 6.22. The van der Waals surface area contributed by atoms with Gasteiger partial charge in [-0.15, -0.1) is 0 Å². The van der Waals surface area contributed by atoms with Gasteiger partial charge in [-0.2, -0.15) is 5.10 Å². The van der Waals surface area contributed by atoms with Gasteiger partial charge in [0.05, 0.1) is 23.0 Å². The lowest BCUT2D eigenvalue weighted by atomic mass is 10.1. The van der Waals surface area contributed by atoms with Gasteiger partial charge in [-0.25, -0.2) is 0 Å². The third kappa shape index (κ3) is 3.69. The van der Waals surface area contributed by atoms with E-state index in [4.69, 9.17) is 16.3 Å².